The normalized spacial score (nSPS) is 11.0. The van der Waals surface area contributed by atoms with Gasteiger partial charge in [0.25, 0.3) is 5.91 Å². The van der Waals surface area contributed by atoms with E-state index in [1.165, 1.54) is 24.3 Å². The summed E-state index contributed by atoms with van der Waals surface area (Å²) in [6.07, 6.45) is 1.09. The molecule has 0 aliphatic carbocycles. The molecule has 1 amide bonds. The Morgan fingerprint density at radius 2 is 1.70 bits per heavy atom. The minimum absolute atomic E-state index is 0.0713. The first-order valence-corrected chi connectivity index (χ1v) is 10.2. The maximum Gasteiger partial charge on any atom is 0.255 e. The number of rotatable bonds is 5. The lowest BCUT2D eigenvalue weighted by Gasteiger charge is -2.13. The summed E-state index contributed by atoms with van der Waals surface area (Å²) < 4.78 is 29.2. The van der Waals surface area contributed by atoms with Crippen LogP contribution in [0.25, 0.3) is 0 Å². The lowest BCUT2D eigenvalue weighted by atomic mass is 10.2. The summed E-state index contributed by atoms with van der Waals surface area (Å²) in [7, 11) is -3.41. The summed E-state index contributed by atoms with van der Waals surface area (Å²) >= 11 is 6.05. The van der Waals surface area contributed by atoms with Gasteiger partial charge in [0.05, 0.1) is 10.6 Å². The Labute approximate surface area is 162 Å². The van der Waals surface area contributed by atoms with Crippen LogP contribution in [0.15, 0.2) is 77.7 Å². The van der Waals surface area contributed by atoms with Gasteiger partial charge in [0, 0.05) is 16.8 Å². The van der Waals surface area contributed by atoms with Gasteiger partial charge in [-0.05, 0) is 48.5 Å². The zero-order valence-electron chi connectivity index (χ0n) is 14.3. The highest BCUT2D eigenvalue weighted by Crippen LogP contribution is 2.32. The van der Waals surface area contributed by atoms with Crippen LogP contribution < -0.4 is 10.1 Å². The summed E-state index contributed by atoms with van der Waals surface area (Å²) in [5, 5.41) is 3.15. The predicted molar refractivity (Wildman–Crippen MR) is 105 cm³/mol. The number of amides is 1. The number of halogens is 1. The molecule has 0 aromatic heterocycles. The Bertz CT molecular complexity index is 1080. The topological polar surface area (TPSA) is 72.5 Å². The SMILES string of the molecule is CS(=O)(=O)c1cccc(C(=O)Nc2cc(Cl)ccc2Oc2ccccc2)c1. The highest BCUT2D eigenvalue weighted by molar-refractivity contribution is 7.90. The van der Waals surface area contributed by atoms with Crippen LogP contribution in [0.5, 0.6) is 11.5 Å². The first-order valence-electron chi connectivity index (χ1n) is 7.97. The number of para-hydroxylation sites is 1. The molecule has 0 saturated carbocycles. The van der Waals surface area contributed by atoms with Gasteiger partial charge in [-0.15, -0.1) is 0 Å². The summed E-state index contributed by atoms with van der Waals surface area (Å²) in [6, 6.07) is 19.8. The van der Waals surface area contributed by atoms with Gasteiger partial charge in [0.2, 0.25) is 0 Å². The molecule has 0 saturated heterocycles. The van der Waals surface area contributed by atoms with Gasteiger partial charge in [-0.1, -0.05) is 35.9 Å². The smallest absolute Gasteiger partial charge is 0.255 e. The molecule has 0 atom stereocenters. The number of anilines is 1. The summed E-state index contributed by atoms with van der Waals surface area (Å²) in [5.41, 5.74) is 0.588. The van der Waals surface area contributed by atoms with E-state index >= 15 is 0 Å². The predicted octanol–water partition coefficient (Wildman–Crippen LogP) is 4.79. The standard InChI is InChI=1S/C20H16ClNO4S/c1-27(24,25)17-9-5-6-14(12-17)20(23)22-18-13-15(21)10-11-19(18)26-16-7-3-2-4-8-16/h2-13H,1H3,(H,22,23). The molecule has 0 radical (unpaired) electrons. The molecule has 0 unspecified atom stereocenters. The van der Waals surface area contributed by atoms with Crippen LogP contribution in [0.1, 0.15) is 10.4 Å². The molecule has 3 aromatic carbocycles. The molecule has 0 aliphatic rings. The number of sulfone groups is 1. The number of carbonyl (C=O) groups is 1. The molecule has 0 fully saturated rings. The number of ether oxygens (including phenoxy) is 1. The molecule has 3 rings (SSSR count). The molecule has 0 spiro atoms. The molecule has 0 heterocycles. The lowest BCUT2D eigenvalue weighted by Crippen LogP contribution is -2.13. The van der Waals surface area contributed by atoms with Gasteiger partial charge < -0.3 is 10.1 Å². The van der Waals surface area contributed by atoms with E-state index < -0.39 is 15.7 Å². The van der Waals surface area contributed by atoms with Crippen LogP contribution in [-0.2, 0) is 9.84 Å². The van der Waals surface area contributed by atoms with Crippen molar-refractivity contribution in [3.8, 4) is 11.5 Å². The first kappa shape index (κ1) is 18.9. The van der Waals surface area contributed by atoms with Crippen LogP contribution in [0.3, 0.4) is 0 Å². The van der Waals surface area contributed by atoms with E-state index in [2.05, 4.69) is 5.32 Å². The van der Waals surface area contributed by atoms with Crippen molar-refractivity contribution in [1.29, 1.82) is 0 Å². The van der Waals surface area contributed by atoms with Crippen LogP contribution in [0.2, 0.25) is 5.02 Å². The van der Waals surface area contributed by atoms with E-state index in [-0.39, 0.29) is 10.5 Å². The third-order valence-electron chi connectivity index (χ3n) is 3.69. The van der Waals surface area contributed by atoms with Crippen LogP contribution in [0.4, 0.5) is 5.69 Å². The molecule has 1 N–H and O–H groups in total. The number of carbonyl (C=O) groups excluding carboxylic acids is 1. The summed E-state index contributed by atoms with van der Waals surface area (Å²) in [6.45, 7) is 0. The van der Waals surface area contributed by atoms with Gasteiger partial charge >= 0.3 is 0 Å². The van der Waals surface area contributed by atoms with E-state index in [1.807, 2.05) is 18.2 Å². The average Bonchev–Trinajstić information content (AvgIpc) is 2.64. The van der Waals surface area contributed by atoms with E-state index in [1.54, 1.807) is 30.3 Å². The maximum absolute atomic E-state index is 12.6. The van der Waals surface area contributed by atoms with Crippen LogP contribution in [0, 0.1) is 0 Å². The van der Waals surface area contributed by atoms with E-state index in [0.29, 0.717) is 22.2 Å². The molecule has 0 aliphatic heterocycles. The number of hydrogen-bond donors (Lipinski definition) is 1. The zero-order valence-corrected chi connectivity index (χ0v) is 15.9. The van der Waals surface area contributed by atoms with Gasteiger partial charge in [-0.3, -0.25) is 4.79 Å². The molecule has 27 heavy (non-hydrogen) atoms. The summed E-state index contributed by atoms with van der Waals surface area (Å²) in [4.78, 5) is 12.7. The lowest BCUT2D eigenvalue weighted by molar-refractivity contribution is 0.102. The van der Waals surface area contributed by atoms with Crippen molar-refractivity contribution in [3.05, 3.63) is 83.4 Å². The fraction of sp³-hybridized carbons (Fsp3) is 0.0500. The third-order valence-corrected chi connectivity index (χ3v) is 5.03. The molecule has 7 heteroatoms. The highest BCUT2D eigenvalue weighted by Gasteiger charge is 2.14. The average molecular weight is 402 g/mol. The van der Waals surface area contributed by atoms with Gasteiger partial charge in [0.15, 0.2) is 15.6 Å². The van der Waals surface area contributed by atoms with E-state index in [9.17, 15) is 13.2 Å². The molecule has 138 valence electrons. The van der Waals surface area contributed by atoms with E-state index in [4.69, 9.17) is 16.3 Å². The van der Waals surface area contributed by atoms with Gasteiger partial charge in [-0.2, -0.15) is 0 Å². The second-order valence-corrected chi connectivity index (χ2v) is 8.26. The Morgan fingerprint density at radius 1 is 0.963 bits per heavy atom. The Balaban J connectivity index is 1.89. The first-order chi connectivity index (χ1) is 12.8. The van der Waals surface area contributed by atoms with Crippen molar-refractivity contribution in [1.82, 2.24) is 0 Å². The van der Waals surface area contributed by atoms with Crippen LogP contribution >= 0.6 is 11.6 Å². The van der Waals surface area contributed by atoms with Crippen molar-refractivity contribution in [2.24, 2.45) is 0 Å². The second-order valence-electron chi connectivity index (χ2n) is 5.81. The Morgan fingerprint density at radius 3 is 2.41 bits per heavy atom. The number of benzene rings is 3. The van der Waals surface area contributed by atoms with Crippen molar-refractivity contribution >= 4 is 33.0 Å². The monoisotopic (exact) mass is 401 g/mol. The van der Waals surface area contributed by atoms with Crippen molar-refractivity contribution in [2.75, 3.05) is 11.6 Å². The highest BCUT2D eigenvalue weighted by atomic mass is 35.5. The van der Waals surface area contributed by atoms with Gasteiger partial charge in [0.1, 0.15) is 5.75 Å². The molecular weight excluding hydrogens is 386 g/mol. The van der Waals surface area contributed by atoms with Crippen molar-refractivity contribution in [3.63, 3.8) is 0 Å². The Hall–Kier alpha value is -2.83. The number of hydrogen-bond acceptors (Lipinski definition) is 4. The van der Waals surface area contributed by atoms with Crippen LogP contribution in [-0.4, -0.2) is 20.6 Å². The molecule has 5 nitrogen and oxygen atoms in total. The minimum atomic E-state index is -3.41. The molecular formula is C20H16ClNO4S. The molecule has 3 aromatic rings. The third kappa shape index (κ3) is 4.87. The Kier molecular flexibility index (Phi) is 5.48. The second kappa shape index (κ2) is 7.82. The zero-order chi connectivity index (χ0) is 19.4. The maximum atomic E-state index is 12.6. The summed E-state index contributed by atoms with van der Waals surface area (Å²) in [5.74, 6) is 0.549. The van der Waals surface area contributed by atoms with Crippen molar-refractivity contribution < 1.29 is 17.9 Å². The minimum Gasteiger partial charge on any atom is -0.455 e. The molecule has 0 bridgehead atoms. The quantitative estimate of drug-likeness (QED) is 0.667. The van der Waals surface area contributed by atoms with Gasteiger partial charge in [-0.25, -0.2) is 8.42 Å². The largest absolute Gasteiger partial charge is 0.455 e. The fourth-order valence-electron chi connectivity index (χ4n) is 2.37. The van der Waals surface area contributed by atoms with Crippen molar-refractivity contribution in [2.45, 2.75) is 4.90 Å². The van der Waals surface area contributed by atoms with E-state index in [0.717, 1.165) is 6.26 Å². The number of nitrogens with one attached hydrogen (secondary N) is 1. The fourth-order valence-corrected chi connectivity index (χ4v) is 3.21.